The Labute approximate surface area is 240 Å². The zero-order chi connectivity index (χ0) is 29.9. The maximum atomic E-state index is 13.6. The first-order valence-electron chi connectivity index (χ1n) is 13.7. The molecular weight excluding hydrogens is 520 g/mol. The fourth-order valence-corrected chi connectivity index (χ4v) is 5.32. The van der Waals surface area contributed by atoms with E-state index in [1.54, 1.807) is 41.3 Å². The Morgan fingerprint density at radius 2 is 1.41 bits per heavy atom. The van der Waals surface area contributed by atoms with Crippen molar-refractivity contribution in [1.29, 1.82) is 5.41 Å². The maximum absolute atomic E-state index is 13.6. The zero-order valence-electron chi connectivity index (χ0n) is 24.3. The minimum absolute atomic E-state index is 0.0151. The number of nitrogens with zero attached hydrogens (tertiary/aromatic N) is 1. The molecular formula is C33H36N2O6. The summed E-state index contributed by atoms with van der Waals surface area (Å²) in [4.78, 5) is 26.7. The highest BCUT2D eigenvalue weighted by Gasteiger charge is 2.31. The van der Waals surface area contributed by atoms with Crippen LogP contribution in [0.1, 0.15) is 95.6 Å². The first-order valence-corrected chi connectivity index (χ1v) is 13.7. The van der Waals surface area contributed by atoms with E-state index in [1.807, 2.05) is 47.6 Å². The number of phenols is 1. The molecule has 0 aliphatic carbocycles. The highest BCUT2D eigenvalue weighted by Crippen LogP contribution is 2.41. The van der Waals surface area contributed by atoms with Gasteiger partial charge in [-0.1, -0.05) is 47.6 Å². The number of Topliss-reactive ketones (excluding diaryl/α,β-unsaturated/α-hetero) is 1. The molecule has 0 aromatic heterocycles. The van der Waals surface area contributed by atoms with Crippen LogP contribution in [0.3, 0.4) is 0 Å². The van der Waals surface area contributed by atoms with Gasteiger partial charge in [-0.2, -0.15) is 0 Å². The van der Waals surface area contributed by atoms with Gasteiger partial charge in [-0.3, -0.25) is 10.2 Å². The van der Waals surface area contributed by atoms with Gasteiger partial charge in [0.05, 0.1) is 12.1 Å². The van der Waals surface area contributed by atoms with E-state index >= 15 is 0 Å². The van der Waals surface area contributed by atoms with Gasteiger partial charge >= 0.3 is 5.97 Å². The van der Waals surface area contributed by atoms with Crippen LogP contribution < -0.4 is 9.47 Å². The van der Waals surface area contributed by atoms with Crippen LogP contribution in [0.2, 0.25) is 0 Å². The van der Waals surface area contributed by atoms with Gasteiger partial charge in [-0.15, -0.1) is 0 Å². The molecule has 2 aliphatic rings. The van der Waals surface area contributed by atoms with Crippen molar-refractivity contribution in [3.63, 3.8) is 0 Å². The molecule has 214 valence electrons. The van der Waals surface area contributed by atoms with Crippen molar-refractivity contribution in [3.8, 4) is 17.2 Å². The van der Waals surface area contributed by atoms with Crippen molar-refractivity contribution in [2.75, 3.05) is 6.54 Å². The number of fused-ring (bicyclic) bond motifs is 3. The molecule has 5 rings (SSSR count). The first-order chi connectivity index (χ1) is 19.1. The number of rotatable bonds is 4. The molecule has 0 saturated heterocycles. The van der Waals surface area contributed by atoms with Crippen LogP contribution in [-0.2, 0) is 30.6 Å². The molecule has 0 saturated carbocycles. The number of carboxylic acids is 1. The smallest absolute Gasteiger partial charge is 0.335 e. The number of amidine groups is 1. The fraction of sp³-hybridized carbons (Fsp3) is 0.364. The second-order valence-electron chi connectivity index (χ2n) is 12.9. The van der Waals surface area contributed by atoms with Gasteiger partial charge < -0.3 is 24.6 Å². The van der Waals surface area contributed by atoms with Crippen LogP contribution in [0, 0.1) is 5.41 Å². The summed E-state index contributed by atoms with van der Waals surface area (Å²) < 4.78 is 12.1. The van der Waals surface area contributed by atoms with E-state index in [4.69, 9.17) is 14.9 Å². The lowest BCUT2D eigenvalue weighted by Crippen LogP contribution is -2.30. The molecule has 3 N–H and O–H groups in total. The summed E-state index contributed by atoms with van der Waals surface area (Å²) in [6, 6.07) is 12.1. The van der Waals surface area contributed by atoms with Crippen LogP contribution in [0.4, 0.5) is 0 Å². The number of carbonyl (C=O) groups excluding carboxylic acids is 1. The van der Waals surface area contributed by atoms with Gasteiger partial charge in [0.1, 0.15) is 24.8 Å². The molecule has 41 heavy (non-hydrogen) atoms. The number of aromatic hydroxyl groups is 1. The fourth-order valence-electron chi connectivity index (χ4n) is 5.32. The van der Waals surface area contributed by atoms with Crippen LogP contribution >= 0.6 is 0 Å². The van der Waals surface area contributed by atoms with E-state index in [2.05, 4.69) is 0 Å². The molecule has 8 nitrogen and oxygen atoms in total. The number of phenolic OH excluding ortho intramolecular Hbond substituents is 1. The third kappa shape index (κ3) is 5.38. The number of nitrogens with one attached hydrogen (secondary N) is 1. The van der Waals surface area contributed by atoms with E-state index in [0.717, 1.165) is 27.8 Å². The molecule has 3 aromatic carbocycles. The van der Waals surface area contributed by atoms with Crippen molar-refractivity contribution in [2.45, 2.75) is 72.1 Å². The molecule has 3 aromatic rings. The first kappa shape index (κ1) is 28.2. The molecule has 0 bridgehead atoms. The number of aromatic carboxylic acids is 1. The Bertz CT molecular complexity index is 1560. The Kier molecular flexibility index (Phi) is 6.84. The minimum Gasteiger partial charge on any atom is -0.507 e. The van der Waals surface area contributed by atoms with Gasteiger partial charge in [0.15, 0.2) is 17.3 Å². The summed E-state index contributed by atoms with van der Waals surface area (Å²) in [7, 11) is 0. The lowest BCUT2D eigenvalue weighted by Gasteiger charge is -2.28. The second kappa shape index (κ2) is 9.94. The third-order valence-electron chi connectivity index (χ3n) is 7.70. The maximum Gasteiger partial charge on any atom is 0.335 e. The van der Waals surface area contributed by atoms with Crippen LogP contribution in [0.5, 0.6) is 17.2 Å². The van der Waals surface area contributed by atoms with Gasteiger partial charge in [0.25, 0.3) is 0 Å². The number of ketones is 1. The largest absolute Gasteiger partial charge is 0.507 e. The predicted octanol–water partition coefficient (Wildman–Crippen LogP) is 6.18. The predicted molar refractivity (Wildman–Crippen MR) is 156 cm³/mol. The van der Waals surface area contributed by atoms with E-state index in [9.17, 15) is 19.8 Å². The van der Waals surface area contributed by atoms with Gasteiger partial charge in [-0.05, 0) is 63.9 Å². The average Bonchev–Trinajstić information content (AvgIpc) is 3.17. The van der Waals surface area contributed by atoms with Gasteiger partial charge in [-0.25, -0.2) is 4.79 Å². The van der Waals surface area contributed by atoms with Gasteiger partial charge in [0.2, 0.25) is 0 Å². The number of benzene rings is 3. The Hall–Kier alpha value is -4.33. The number of hydrogen-bond donors (Lipinski definition) is 3. The van der Waals surface area contributed by atoms with E-state index in [-0.39, 0.29) is 53.5 Å². The molecule has 0 spiro atoms. The Balaban J connectivity index is 1.39. The Morgan fingerprint density at radius 1 is 0.829 bits per heavy atom. The number of hydrogen-bond acceptors (Lipinski definition) is 6. The zero-order valence-corrected chi connectivity index (χ0v) is 24.3. The van der Waals surface area contributed by atoms with Gasteiger partial charge in [0, 0.05) is 28.8 Å². The van der Waals surface area contributed by atoms with E-state index in [0.29, 0.717) is 29.2 Å². The Morgan fingerprint density at radius 3 is 2.00 bits per heavy atom. The number of ether oxygens (including phenoxy) is 2. The molecule has 0 unspecified atom stereocenters. The lowest BCUT2D eigenvalue weighted by molar-refractivity contribution is 0.0696. The summed E-state index contributed by atoms with van der Waals surface area (Å²) in [6.45, 7) is 12.9. The highest BCUT2D eigenvalue weighted by molar-refractivity contribution is 6.05. The van der Waals surface area contributed by atoms with E-state index in [1.165, 1.54) is 0 Å². The minimum atomic E-state index is -1.01. The normalized spacial score (nSPS) is 14.7. The van der Waals surface area contributed by atoms with Crippen molar-refractivity contribution < 1.29 is 29.3 Å². The topological polar surface area (TPSA) is 120 Å². The quantitative estimate of drug-likeness (QED) is 0.328. The molecule has 8 heteroatoms. The summed E-state index contributed by atoms with van der Waals surface area (Å²) in [5.74, 6) is 0.322. The standard InChI is InChI=1S/C33H36N2O6/c1-32(2,3)24-10-20(11-25(29(24)37)33(4,5)6)26(36)15-35-14-21-12-27-28(13-23(21)30(35)34)41-17-22-9-18(31(38)39)7-8-19(22)16-40-27/h7-13,34,37H,14-17H2,1-6H3,(H,38,39). The number of carboxylic acid groups (broad SMARTS) is 1. The molecule has 2 heterocycles. The van der Waals surface area contributed by atoms with Crippen molar-refractivity contribution >= 4 is 17.6 Å². The molecule has 2 aliphatic heterocycles. The molecule has 0 amide bonds. The third-order valence-corrected chi connectivity index (χ3v) is 7.70. The highest BCUT2D eigenvalue weighted by atomic mass is 16.5. The molecule has 0 fully saturated rings. The summed E-state index contributed by atoms with van der Waals surface area (Å²) in [6.07, 6.45) is 0. The number of carbonyl (C=O) groups is 2. The summed E-state index contributed by atoms with van der Waals surface area (Å²) in [5, 5.41) is 29.2. The second-order valence-corrected chi connectivity index (χ2v) is 12.9. The lowest BCUT2D eigenvalue weighted by atomic mass is 9.78. The average molecular weight is 557 g/mol. The van der Waals surface area contributed by atoms with E-state index < -0.39 is 5.97 Å². The van der Waals surface area contributed by atoms with Crippen LogP contribution in [-0.4, -0.2) is 39.2 Å². The monoisotopic (exact) mass is 556 g/mol. The van der Waals surface area contributed by atoms with Crippen LogP contribution in [0.25, 0.3) is 0 Å². The molecule has 0 radical (unpaired) electrons. The van der Waals surface area contributed by atoms with Crippen molar-refractivity contribution in [2.24, 2.45) is 0 Å². The molecule has 0 atom stereocenters. The summed E-state index contributed by atoms with van der Waals surface area (Å²) >= 11 is 0. The van der Waals surface area contributed by atoms with Crippen molar-refractivity contribution in [3.05, 3.63) is 87.0 Å². The van der Waals surface area contributed by atoms with Crippen molar-refractivity contribution in [1.82, 2.24) is 4.90 Å². The summed E-state index contributed by atoms with van der Waals surface area (Å²) in [5.41, 5.74) is 4.53. The van der Waals surface area contributed by atoms with Crippen LogP contribution in [0.15, 0.2) is 42.5 Å². The SMILES string of the molecule is CC(C)(C)c1cc(C(=O)CN2Cc3cc4c(cc3C2=N)OCc2cc(C(=O)O)ccc2CO4)cc(C(C)(C)C)c1O.